The molecule has 1 heterocycles. The number of hydrogen-bond donors (Lipinski definition) is 3. The van der Waals surface area contributed by atoms with E-state index in [1.807, 2.05) is 36.4 Å². The number of amides is 2. The van der Waals surface area contributed by atoms with Gasteiger partial charge in [0.1, 0.15) is 12.4 Å². The maximum absolute atomic E-state index is 12.1. The molecule has 0 saturated carbocycles. The van der Waals surface area contributed by atoms with Gasteiger partial charge in [-0.25, -0.2) is 9.59 Å². The number of benzene rings is 2. The number of rotatable bonds is 6. The van der Waals surface area contributed by atoms with E-state index in [1.165, 1.54) is 12.1 Å². The Hall–Kier alpha value is -4.51. The summed E-state index contributed by atoms with van der Waals surface area (Å²) in [6.45, 7) is 0.129. The molecule has 0 aliphatic heterocycles. The predicted molar refractivity (Wildman–Crippen MR) is 118 cm³/mol. The van der Waals surface area contributed by atoms with Gasteiger partial charge < -0.3 is 24.9 Å². The molecule has 0 atom stereocenters. The SMILES string of the molecule is O=C(C#CCNC(=O)OCC1c2ccccc2-c2ccccc21)NCc1ccc(C(=O)O)o1. The van der Waals surface area contributed by atoms with E-state index in [1.54, 1.807) is 0 Å². The Labute approximate surface area is 189 Å². The fourth-order valence-corrected chi connectivity index (χ4v) is 3.69. The van der Waals surface area contributed by atoms with Gasteiger partial charge in [-0.3, -0.25) is 4.79 Å². The molecule has 0 spiro atoms. The van der Waals surface area contributed by atoms with Crippen LogP contribution in [0.4, 0.5) is 4.79 Å². The van der Waals surface area contributed by atoms with Gasteiger partial charge in [0, 0.05) is 5.92 Å². The van der Waals surface area contributed by atoms with Crippen molar-refractivity contribution >= 4 is 18.0 Å². The number of fused-ring (bicyclic) bond motifs is 3. The molecular formula is C25H20N2O6. The maximum Gasteiger partial charge on any atom is 0.407 e. The molecule has 3 N–H and O–H groups in total. The highest BCUT2D eigenvalue weighted by atomic mass is 16.5. The van der Waals surface area contributed by atoms with Crippen molar-refractivity contribution in [3.63, 3.8) is 0 Å². The van der Waals surface area contributed by atoms with E-state index in [9.17, 15) is 14.4 Å². The number of nitrogens with one attached hydrogen (secondary N) is 2. The maximum atomic E-state index is 12.1. The standard InChI is InChI=1S/C25H20N2O6/c28-23(27-14-16-11-12-22(33-16)24(29)30)10-5-13-26-25(31)32-15-21-19-8-3-1-6-17(19)18-7-2-4-9-20(18)21/h1-4,6-9,11-12,21H,13-15H2,(H,26,31)(H,27,28)(H,29,30). The smallest absolute Gasteiger partial charge is 0.407 e. The predicted octanol–water partition coefficient (Wildman–Crippen LogP) is 3.14. The summed E-state index contributed by atoms with van der Waals surface area (Å²) in [6, 6.07) is 18.9. The second-order valence-corrected chi connectivity index (χ2v) is 7.23. The van der Waals surface area contributed by atoms with E-state index >= 15 is 0 Å². The fraction of sp³-hybridized carbons (Fsp3) is 0.160. The molecule has 8 nitrogen and oxygen atoms in total. The molecule has 2 amide bonds. The molecule has 2 aromatic carbocycles. The summed E-state index contributed by atoms with van der Waals surface area (Å²) in [4.78, 5) is 34.6. The molecule has 1 aliphatic carbocycles. The van der Waals surface area contributed by atoms with Gasteiger partial charge in [-0.2, -0.15) is 0 Å². The molecular weight excluding hydrogens is 424 g/mol. The summed E-state index contributed by atoms with van der Waals surface area (Å²) in [5.41, 5.74) is 4.53. The van der Waals surface area contributed by atoms with Crippen molar-refractivity contribution in [2.24, 2.45) is 0 Å². The van der Waals surface area contributed by atoms with E-state index in [2.05, 4.69) is 34.6 Å². The lowest BCUT2D eigenvalue weighted by Gasteiger charge is -2.14. The topological polar surface area (TPSA) is 118 Å². The van der Waals surface area contributed by atoms with Crippen LogP contribution >= 0.6 is 0 Å². The Kier molecular flexibility index (Phi) is 6.41. The third-order valence-electron chi connectivity index (χ3n) is 5.16. The first-order chi connectivity index (χ1) is 16.0. The van der Waals surface area contributed by atoms with Crippen LogP contribution in [0.15, 0.2) is 65.1 Å². The van der Waals surface area contributed by atoms with Crippen LogP contribution in [-0.4, -0.2) is 36.2 Å². The first kappa shape index (κ1) is 21.7. The van der Waals surface area contributed by atoms with Crippen LogP contribution in [0, 0.1) is 11.8 Å². The van der Waals surface area contributed by atoms with Gasteiger partial charge in [0.25, 0.3) is 5.91 Å². The molecule has 166 valence electrons. The van der Waals surface area contributed by atoms with Crippen LogP contribution in [0.3, 0.4) is 0 Å². The lowest BCUT2D eigenvalue weighted by atomic mass is 9.98. The highest BCUT2D eigenvalue weighted by Crippen LogP contribution is 2.44. The fourth-order valence-electron chi connectivity index (χ4n) is 3.69. The second kappa shape index (κ2) is 9.75. The number of carboxylic acids is 1. The van der Waals surface area contributed by atoms with Crippen LogP contribution in [0.25, 0.3) is 11.1 Å². The molecule has 0 radical (unpaired) electrons. The third kappa shape index (κ3) is 5.05. The Morgan fingerprint density at radius 1 is 0.939 bits per heavy atom. The summed E-state index contributed by atoms with van der Waals surface area (Å²) in [5, 5.41) is 13.8. The Morgan fingerprint density at radius 3 is 2.24 bits per heavy atom. The van der Waals surface area contributed by atoms with Gasteiger partial charge in [-0.05, 0) is 40.3 Å². The number of carbonyl (C=O) groups is 3. The first-order valence-corrected chi connectivity index (χ1v) is 10.2. The average molecular weight is 444 g/mol. The quantitative estimate of drug-likeness (QED) is 0.503. The lowest BCUT2D eigenvalue weighted by Crippen LogP contribution is -2.27. The Bertz CT molecular complexity index is 1220. The molecule has 0 fully saturated rings. The lowest BCUT2D eigenvalue weighted by molar-refractivity contribution is -0.115. The number of carboxylic acid groups (broad SMARTS) is 1. The number of furan rings is 1. The zero-order chi connectivity index (χ0) is 23.2. The monoisotopic (exact) mass is 444 g/mol. The largest absolute Gasteiger partial charge is 0.475 e. The zero-order valence-electron chi connectivity index (χ0n) is 17.5. The van der Waals surface area contributed by atoms with Crippen LogP contribution < -0.4 is 10.6 Å². The number of ether oxygens (including phenoxy) is 1. The molecule has 4 rings (SSSR count). The number of hydrogen-bond acceptors (Lipinski definition) is 5. The molecule has 33 heavy (non-hydrogen) atoms. The van der Waals surface area contributed by atoms with E-state index in [-0.39, 0.29) is 31.4 Å². The van der Waals surface area contributed by atoms with Crippen LogP contribution in [0.2, 0.25) is 0 Å². The van der Waals surface area contributed by atoms with Crippen molar-refractivity contribution in [1.29, 1.82) is 0 Å². The van der Waals surface area contributed by atoms with Gasteiger partial charge in [-0.1, -0.05) is 54.5 Å². The second-order valence-electron chi connectivity index (χ2n) is 7.23. The molecule has 0 bridgehead atoms. The van der Waals surface area contributed by atoms with Gasteiger partial charge in [0.15, 0.2) is 0 Å². The summed E-state index contributed by atoms with van der Waals surface area (Å²) in [7, 11) is 0. The minimum Gasteiger partial charge on any atom is -0.475 e. The minimum absolute atomic E-state index is 0.000596. The molecule has 0 saturated heterocycles. The Balaban J connectivity index is 1.22. The average Bonchev–Trinajstić information content (AvgIpc) is 3.42. The van der Waals surface area contributed by atoms with E-state index in [0.717, 1.165) is 22.3 Å². The van der Waals surface area contributed by atoms with Crippen molar-refractivity contribution in [2.45, 2.75) is 12.5 Å². The van der Waals surface area contributed by atoms with Crippen molar-refractivity contribution in [2.75, 3.05) is 13.2 Å². The van der Waals surface area contributed by atoms with E-state index < -0.39 is 18.0 Å². The van der Waals surface area contributed by atoms with Crippen LogP contribution in [-0.2, 0) is 16.1 Å². The zero-order valence-corrected chi connectivity index (χ0v) is 17.5. The van der Waals surface area contributed by atoms with Crippen molar-refractivity contribution < 1.29 is 28.6 Å². The Morgan fingerprint density at radius 2 is 1.61 bits per heavy atom. The van der Waals surface area contributed by atoms with Crippen LogP contribution in [0.1, 0.15) is 33.4 Å². The first-order valence-electron chi connectivity index (χ1n) is 10.2. The third-order valence-corrected chi connectivity index (χ3v) is 5.16. The van der Waals surface area contributed by atoms with Crippen molar-refractivity contribution in [3.05, 3.63) is 83.3 Å². The highest BCUT2D eigenvalue weighted by Gasteiger charge is 2.28. The van der Waals surface area contributed by atoms with Gasteiger partial charge >= 0.3 is 12.1 Å². The van der Waals surface area contributed by atoms with Crippen molar-refractivity contribution in [1.82, 2.24) is 10.6 Å². The molecule has 1 aromatic heterocycles. The van der Waals surface area contributed by atoms with Gasteiger partial charge in [0.2, 0.25) is 5.76 Å². The summed E-state index contributed by atoms with van der Waals surface area (Å²) in [6.07, 6.45) is -0.622. The molecule has 3 aromatic rings. The minimum atomic E-state index is -1.19. The number of aromatic carboxylic acids is 1. The normalized spacial score (nSPS) is 11.5. The number of alkyl carbamates (subject to hydrolysis) is 1. The van der Waals surface area contributed by atoms with E-state index in [4.69, 9.17) is 14.3 Å². The van der Waals surface area contributed by atoms with Gasteiger partial charge in [-0.15, -0.1) is 0 Å². The molecule has 0 unspecified atom stereocenters. The molecule has 1 aliphatic rings. The van der Waals surface area contributed by atoms with Gasteiger partial charge in [0.05, 0.1) is 13.1 Å². The highest BCUT2D eigenvalue weighted by molar-refractivity contribution is 5.93. The van der Waals surface area contributed by atoms with E-state index in [0.29, 0.717) is 5.76 Å². The summed E-state index contributed by atoms with van der Waals surface area (Å²) >= 11 is 0. The number of carbonyl (C=O) groups excluding carboxylic acids is 2. The summed E-state index contributed by atoms with van der Waals surface area (Å²) < 4.78 is 10.4. The summed E-state index contributed by atoms with van der Waals surface area (Å²) in [5.74, 6) is 3.14. The van der Waals surface area contributed by atoms with Crippen LogP contribution in [0.5, 0.6) is 0 Å². The molecule has 8 heteroatoms. The van der Waals surface area contributed by atoms with Crippen molar-refractivity contribution in [3.8, 4) is 23.0 Å².